The predicted molar refractivity (Wildman–Crippen MR) is 168 cm³/mol. The summed E-state index contributed by atoms with van der Waals surface area (Å²) in [5.41, 5.74) is 2.07. The van der Waals surface area contributed by atoms with E-state index in [0.717, 1.165) is 29.9 Å². The normalized spacial score (nSPS) is 14.0. The van der Waals surface area contributed by atoms with Gasteiger partial charge in [0.15, 0.2) is 5.82 Å². The van der Waals surface area contributed by atoms with Gasteiger partial charge in [0.1, 0.15) is 18.0 Å². The van der Waals surface area contributed by atoms with Crippen LogP contribution in [0.1, 0.15) is 33.6 Å². The minimum Gasteiger partial charge on any atom is -0.396 e. The predicted octanol–water partition coefficient (Wildman–Crippen LogP) is 4.84. The molecule has 0 saturated carbocycles. The maximum absolute atomic E-state index is 13.9. The third kappa shape index (κ3) is 7.70. The summed E-state index contributed by atoms with van der Waals surface area (Å²) in [6, 6.07) is 12.3. The Hall–Kier alpha value is -4.69. The average Bonchev–Trinajstić information content (AvgIpc) is 3.40. The first-order chi connectivity index (χ1) is 21.5. The van der Waals surface area contributed by atoms with Gasteiger partial charge in [-0.15, -0.1) is 0 Å². The second-order valence-electron chi connectivity index (χ2n) is 10.9. The number of piperazine rings is 1. The number of aryl methyl sites for hydroxylation is 2. The fourth-order valence-corrected chi connectivity index (χ4v) is 5.15. The van der Waals surface area contributed by atoms with E-state index < -0.39 is 17.6 Å². The van der Waals surface area contributed by atoms with Crippen molar-refractivity contribution >= 4 is 34.6 Å². The van der Waals surface area contributed by atoms with E-state index in [4.69, 9.17) is 5.11 Å². The SMILES string of the molecule is CNc1cc(-n2nc(C)cc2Nc2cc(NC(=O)c3cc(N4CCN(CCCO)CC4)cc(C(F)(F)F)c3)ccc2C)ncn1. The molecule has 14 heteroatoms. The molecular weight excluding hydrogens is 587 g/mol. The number of aromatic nitrogens is 4. The lowest BCUT2D eigenvalue weighted by Gasteiger charge is -2.36. The summed E-state index contributed by atoms with van der Waals surface area (Å²) < 4.78 is 43.3. The van der Waals surface area contributed by atoms with E-state index in [1.54, 1.807) is 29.9 Å². The number of rotatable bonds is 10. The number of carbonyl (C=O) groups excluding carboxylic acids is 1. The van der Waals surface area contributed by atoms with Gasteiger partial charge in [-0.25, -0.2) is 9.97 Å². The Morgan fingerprint density at radius 2 is 1.78 bits per heavy atom. The molecule has 0 atom stereocenters. The number of nitrogens with zero attached hydrogens (tertiary/aromatic N) is 6. The van der Waals surface area contributed by atoms with Gasteiger partial charge in [-0.3, -0.25) is 9.69 Å². The van der Waals surface area contributed by atoms with Crippen molar-refractivity contribution in [2.24, 2.45) is 0 Å². The van der Waals surface area contributed by atoms with Crippen molar-refractivity contribution in [1.29, 1.82) is 0 Å². The van der Waals surface area contributed by atoms with E-state index in [0.29, 0.717) is 67.1 Å². The first-order valence-electron chi connectivity index (χ1n) is 14.6. The van der Waals surface area contributed by atoms with Gasteiger partial charge >= 0.3 is 6.18 Å². The molecule has 4 aromatic rings. The number of aliphatic hydroxyl groups is 1. The van der Waals surface area contributed by atoms with Crippen molar-refractivity contribution in [3.63, 3.8) is 0 Å². The fraction of sp³-hybridized carbons (Fsp3) is 0.355. The zero-order chi connectivity index (χ0) is 32.1. The molecule has 0 spiro atoms. The Balaban J connectivity index is 1.37. The van der Waals surface area contributed by atoms with Gasteiger partial charge in [0, 0.05) is 81.1 Å². The van der Waals surface area contributed by atoms with Gasteiger partial charge in [-0.2, -0.15) is 23.0 Å². The molecule has 4 N–H and O–H groups in total. The number of hydrogen-bond donors (Lipinski definition) is 4. The van der Waals surface area contributed by atoms with E-state index in [1.165, 1.54) is 12.4 Å². The second kappa shape index (κ2) is 13.5. The molecular formula is C31H36F3N9O2. The summed E-state index contributed by atoms with van der Waals surface area (Å²) in [4.78, 5) is 25.9. The van der Waals surface area contributed by atoms with Gasteiger partial charge in [-0.1, -0.05) is 6.07 Å². The lowest BCUT2D eigenvalue weighted by Crippen LogP contribution is -2.46. The first-order valence-corrected chi connectivity index (χ1v) is 14.6. The van der Waals surface area contributed by atoms with Crippen LogP contribution in [0.3, 0.4) is 0 Å². The van der Waals surface area contributed by atoms with Crippen molar-refractivity contribution in [1.82, 2.24) is 24.6 Å². The summed E-state index contributed by atoms with van der Waals surface area (Å²) in [5, 5.41) is 22.7. The molecule has 1 saturated heterocycles. The van der Waals surface area contributed by atoms with Crippen LogP contribution >= 0.6 is 0 Å². The average molecular weight is 624 g/mol. The van der Waals surface area contributed by atoms with E-state index in [2.05, 4.69) is 35.9 Å². The van der Waals surface area contributed by atoms with Crippen LogP contribution in [0.15, 0.2) is 54.9 Å². The molecule has 238 valence electrons. The highest BCUT2D eigenvalue weighted by atomic mass is 19.4. The Morgan fingerprint density at radius 3 is 2.49 bits per heavy atom. The topological polar surface area (TPSA) is 123 Å². The Kier molecular flexibility index (Phi) is 9.54. The highest BCUT2D eigenvalue weighted by Crippen LogP contribution is 2.34. The number of aliphatic hydroxyl groups excluding tert-OH is 1. The Labute approximate surface area is 259 Å². The number of amides is 1. The molecule has 3 heterocycles. The lowest BCUT2D eigenvalue weighted by atomic mass is 10.1. The van der Waals surface area contributed by atoms with Gasteiger partial charge in [0.05, 0.1) is 11.3 Å². The molecule has 2 aromatic heterocycles. The molecule has 2 aromatic carbocycles. The highest BCUT2D eigenvalue weighted by Gasteiger charge is 2.33. The third-order valence-corrected chi connectivity index (χ3v) is 7.59. The summed E-state index contributed by atoms with van der Waals surface area (Å²) in [6.45, 7) is 6.92. The number of halogens is 3. The van der Waals surface area contributed by atoms with Gasteiger partial charge in [-0.05, 0) is 56.2 Å². The summed E-state index contributed by atoms with van der Waals surface area (Å²) in [7, 11) is 1.76. The Bertz CT molecular complexity index is 1650. The molecule has 5 rings (SSSR count). The number of carbonyl (C=O) groups is 1. The van der Waals surface area contributed by atoms with E-state index in [9.17, 15) is 18.0 Å². The van der Waals surface area contributed by atoms with Gasteiger partial charge < -0.3 is 26.0 Å². The smallest absolute Gasteiger partial charge is 0.396 e. The van der Waals surface area contributed by atoms with Crippen LogP contribution in [0.25, 0.3) is 5.82 Å². The molecule has 0 unspecified atom stereocenters. The molecule has 0 radical (unpaired) electrons. The van der Waals surface area contributed by atoms with E-state index in [-0.39, 0.29) is 12.2 Å². The summed E-state index contributed by atoms with van der Waals surface area (Å²) in [6.07, 6.45) is -2.54. The van der Waals surface area contributed by atoms with Crippen LogP contribution in [0.4, 0.5) is 41.9 Å². The second-order valence-corrected chi connectivity index (χ2v) is 10.9. The zero-order valence-electron chi connectivity index (χ0n) is 25.3. The monoisotopic (exact) mass is 623 g/mol. The standard InChI is InChI=1S/C31H36F3N9O2/c1-20-5-6-24(17-26(20)39-29-13-21(2)40-43(29)28-18-27(35-3)36-19-37-28)38-30(45)22-14-23(31(32,33)34)16-25(15-22)42-10-8-41(9-11-42)7-4-12-44/h5-6,13-19,39,44H,4,7-12H2,1-3H3,(H,38,45)(H,35,36,37). The molecule has 1 fully saturated rings. The quantitative estimate of drug-likeness (QED) is 0.197. The van der Waals surface area contributed by atoms with Crippen molar-refractivity contribution in [3.8, 4) is 5.82 Å². The number of hydrogen-bond acceptors (Lipinski definition) is 9. The van der Waals surface area contributed by atoms with Gasteiger partial charge in [0.25, 0.3) is 5.91 Å². The van der Waals surface area contributed by atoms with Crippen LogP contribution in [0, 0.1) is 13.8 Å². The minimum absolute atomic E-state index is 0.0876. The molecule has 0 bridgehead atoms. The number of anilines is 5. The van der Waals surface area contributed by atoms with Crippen LogP contribution in [-0.4, -0.2) is 82.0 Å². The third-order valence-electron chi connectivity index (χ3n) is 7.59. The van der Waals surface area contributed by atoms with Crippen molar-refractivity contribution in [2.75, 3.05) is 67.2 Å². The molecule has 1 aliphatic heterocycles. The van der Waals surface area contributed by atoms with Crippen LogP contribution in [-0.2, 0) is 6.18 Å². The maximum atomic E-state index is 13.9. The largest absolute Gasteiger partial charge is 0.416 e. The molecule has 1 aliphatic rings. The van der Waals surface area contributed by atoms with Crippen molar-refractivity contribution in [2.45, 2.75) is 26.4 Å². The number of benzene rings is 2. The molecule has 1 amide bonds. The fourth-order valence-electron chi connectivity index (χ4n) is 5.15. The number of alkyl halides is 3. The molecule has 0 aliphatic carbocycles. The summed E-state index contributed by atoms with van der Waals surface area (Å²) >= 11 is 0. The van der Waals surface area contributed by atoms with E-state index >= 15 is 0 Å². The Morgan fingerprint density at radius 1 is 1.00 bits per heavy atom. The van der Waals surface area contributed by atoms with E-state index in [1.807, 2.05) is 30.9 Å². The lowest BCUT2D eigenvalue weighted by molar-refractivity contribution is -0.137. The van der Waals surface area contributed by atoms with Crippen LogP contribution in [0.2, 0.25) is 0 Å². The van der Waals surface area contributed by atoms with Crippen LogP contribution in [0.5, 0.6) is 0 Å². The van der Waals surface area contributed by atoms with Crippen molar-refractivity contribution < 1.29 is 23.1 Å². The molecule has 11 nitrogen and oxygen atoms in total. The zero-order valence-corrected chi connectivity index (χ0v) is 25.3. The van der Waals surface area contributed by atoms with Gasteiger partial charge in [0.2, 0.25) is 0 Å². The highest BCUT2D eigenvalue weighted by molar-refractivity contribution is 6.05. The van der Waals surface area contributed by atoms with Crippen molar-refractivity contribution in [3.05, 3.63) is 77.2 Å². The minimum atomic E-state index is -4.62. The number of nitrogens with one attached hydrogen (secondary N) is 3. The maximum Gasteiger partial charge on any atom is 0.416 e. The van der Waals surface area contributed by atoms with Crippen LogP contribution < -0.4 is 20.9 Å². The summed E-state index contributed by atoms with van der Waals surface area (Å²) in [5.74, 6) is 1.14. The first kappa shape index (κ1) is 31.7. The molecule has 45 heavy (non-hydrogen) atoms.